The van der Waals surface area contributed by atoms with Gasteiger partial charge < -0.3 is 19.9 Å². The van der Waals surface area contributed by atoms with Crippen molar-refractivity contribution in [3.05, 3.63) is 59.2 Å². The lowest BCUT2D eigenvalue weighted by Crippen LogP contribution is -2.21. The molecule has 0 saturated carbocycles. The van der Waals surface area contributed by atoms with Crippen LogP contribution >= 0.6 is 0 Å². The lowest BCUT2D eigenvalue weighted by Gasteiger charge is -2.08. The summed E-state index contributed by atoms with van der Waals surface area (Å²) in [6, 6.07) is 10.7. The fraction of sp³-hybridized carbons (Fsp3) is 0.250. The second-order valence-corrected chi connectivity index (χ2v) is 5.86. The molecule has 2 rings (SSSR count). The first-order valence-corrected chi connectivity index (χ1v) is 8.44. The van der Waals surface area contributed by atoms with Gasteiger partial charge in [-0.3, -0.25) is 4.79 Å². The van der Waals surface area contributed by atoms with Crippen LogP contribution in [0.5, 0.6) is 5.75 Å². The van der Waals surface area contributed by atoms with Crippen molar-refractivity contribution < 1.29 is 29.0 Å². The van der Waals surface area contributed by atoms with Gasteiger partial charge in [-0.15, -0.1) is 0 Å². The van der Waals surface area contributed by atoms with Crippen LogP contribution in [0.25, 0.3) is 0 Å². The molecule has 0 unspecified atom stereocenters. The van der Waals surface area contributed by atoms with E-state index in [0.717, 1.165) is 12.0 Å². The van der Waals surface area contributed by atoms with E-state index in [2.05, 4.69) is 5.32 Å². The van der Waals surface area contributed by atoms with E-state index in [9.17, 15) is 19.5 Å². The Morgan fingerprint density at radius 3 is 2.33 bits per heavy atom. The highest BCUT2D eigenvalue weighted by Gasteiger charge is 2.14. The molecule has 2 aromatic rings. The molecule has 0 bridgehead atoms. The minimum absolute atomic E-state index is 0.0108. The predicted molar refractivity (Wildman–Crippen MR) is 98.8 cm³/mol. The summed E-state index contributed by atoms with van der Waals surface area (Å²) in [5.41, 5.74) is 1.61. The van der Waals surface area contributed by atoms with Crippen molar-refractivity contribution in [1.82, 2.24) is 0 Å². The fourth-order valence-electron chi connectivity index (χ4n) is 2.19. The first-order valence-electron chi connectivity index (χ1n) is 8.44. The number of rotatable bonds is 7. The summed E-state index contributed by atoms with van der Waals surface area (Å²) in [6.07, 6.45) is 0.735. The number of carbonyl (C=O) groups excluding carboxylic acids is 3. The van der Waals surface area contributed by atoms with E-state index in [1.165, 1.54) is 24.3 Å². The van der Waals surface area contributed by atoms with Crippen LogP contribution in [-0.2, 0) is 14.3 Å². The third-order valence-corrected chi connectivity index (χ3v) is 3.55. The monoisotopic (exact) mass is 371 g/mol. The van der Waals surface area contributed by atoms with Gasteiger partial charge in [0.1, 0.15) is 11.3 Å². The molecule has 0 fully saturated rings. The van der Waals surface area contributed by atoms with Gasteiger partial charge in [0.05, 0.1) is 12.2 Å². The number of ether oxygens (including phenoxy) is 2. The zero-order valence-corrected chi connectivity index (χ0v) is 15.2. The number of anilines is 1. The number of aromatic hydroxyl groups is 1. The lowest BCUT2D eigenvalue weighted by atomic mass is 10.1. The van der Waals surface area contributed by atoms with Crippen molar-refractivity contribution >= 4 is 23.5 Å². The van der Waals surface area contributed by atoms with Crippen LogP contribution < -0.4 is 5.32 Å². The molecule has 2 aromatic carbocycles. The van der Waals surface area contributed by atoms with Crippen LogP contribution in [0.1, 0.15) is 39.6 Å². The zero-order chi connectivity index (χ0) is 19.8. The molecule has 0 aliphatic carbocycles. The molecule has 0 aliphatic rings. The molecule has 1 amide bonds. The van der Waals surface area contributed by atoms with Gasteiger partial charge in [-0.25, -0.2) is 9.59 Å². The van der Waals surface area contributed by atoms with Crippen LogP contribution in [0.15, 0.2) is 42.5 Å². The number of nitrogens with one attached hydrogen (secondary N) is 1. The molecular weight excluding hydrogens is 350 g/mol. The maximum atomic E-state index is 11.9. The van der Waals surface area contributed by atoms with Crippen molar-refractivity contribution in [2.24, 2.45) is 0 Å². The summed E-state index contributed by atoms with van der Waals surface area (Å²) < 4.78 is 9.92. The van der Waals surface area contributed by atoms with Crippen molar-refractivity contribution in [1.29, 1.82) is 0 Å². The van der Waals surface area contributed by atoms with E-state index in [-0.39, 0.29) is 11.3 Å². The van der Waals surface area contributed by atoms with E-state index >= 15 is 0 Å². The van der Waals surface area contributed by atoms with Gasteiger partial charge in [0.2, 0.25) is 0 Å². The third-order valence-electron chi connectivity index (χ3n) is 3.55. The van der Waals surface area contributed by atoms with Gasteiger partial charge in [-0.05, 0) is 55.3 Å². The minimum Gasteiger partial charge on any atom is -0.507 e. The highest BCUT2D eigenvalue weighted by atomic mass is 16.5. The summed E-state index contributed by atoms with van der Waals surface area (Å²) in [4.78, 5) is 35.5. The molecule has 0 heterocycles. The first kappa shape index (κ1) is 20.0. The Labute approximate surface area is 156 Å². The van der Waals surface area contributed by atoms with Crippen LogP contribution in [0.3, 0.4) is 0 Å². The second kappa shape index (κ2) is 9.38. The van der Waals surface area contributed by atoms with E-state index in [0.29, 0.717) is 17.9 Å². The topological polar surface area (TPSA) is 102 Å². The Morgan fingerprint density at radius 1 is 1.00 bits per heavy atom. The van der Waals surface area contributed by atoms with Crippen molar-refractivity contribution in [3.63, 3.8) is 0 Å². The first-order chi connectivity index (χ1) is 12.9. The molecule has 0 aromatic heterocycles. The molecule has 0 saturated heterocycles. The maximum absolute atomic E-state index is 11.9. The average Bonchev–Trinajstić information content (AvgIpc) is 2.64. The largest absolute Gasteiger partial charge is 0.507 e. The van der Waals surface area contributed by atoms with Gasteiger partial charge >= 0.3 is 11.9 Å². The highest BCUT2D eigenvalue weighted by Crippen LogP contribution is 2.19. The quantitative estimate of drug-likeness (QED) is 0.725. The number of hydrogen-bond donors (Lipinski definition) is 2. The number of amides is 1. The molecule has 0 aliphatic heterocycles. The second-order valence-electron chi connectivity index (χ2n) is 5.86. The zero-order valence-electron chi connectivity index (χ0n) is 15.2. The number of esters is 2. The molecule has 0 atom stereocenters. The number of benzene rings is 2. The van der Waals surface area contributed by atoms with Gasteiger partial charge in [0, 0.05) is 5.69 Å². The van der Waals surface area contributed by atoms with E-state index < -0.39 is 24.5 Å². The summed E-state index contributed by atoms with van der Waals surface area (Å²) in [5, 5.41) is 12.3. The Hall–Kier alpha value is -3.35. The van der Waals surface area contributed by atoms with Gasteiger partial charge in [0.15, 0.2) is 6.61 Å². The van der Waals surface area contributed by atoms with Crippen LogP contribution in [0, 0.1) is 6.92 Å². The van der Waals surface area contributed by atoms with Gasteiger partial charge in [0.25, 0.3) is 5.91 Å². The Bertz CT molecular complexity index is 829. The van der Waals surface area contributed by atoms with Crippen molar-refractivity contribution in [2.45, 2.75) is 20.3 Å². The normalized spacial score (nSPS) is 10.1. The number of phenolic OH excluding ortho intramolecular Hbond substituents is 1. The van der Waals surface area contributed by atoms with E-state index in [1.807, 2.05) is 6.92 Å². The standard InChI is InChI=1S/C20H21NO6/c1-3-10-26-19(24)14-5-7-15(8-6-14)21-18(23)12-27-20(25)16-9-4-13(2)11-17(16)22/h4-9,11,22H,3,10,12H2,1-2H3,(H,21,23). The summed E-state index contributed by atoms with van der Waals surface area (Å²) in [5.74, 6) is -1.97. The molecule has 142 valence electrons. The summed E-state index contributed by atoms with van der Waals surface area (Å²) >= 11 is 0. The number of aryl methyl sites for hydroxylation is 1. The van der Waals surface area contributed by atoms with E-state index in [4.69, 9.17) is 9.47 Å². The molecule has 2 N–H and O–H groups in total. The average molecular weight is 371 g/mol. The Kier molecular flexibility index (Phi) is 6.93. The van der Waals surface area contributed by atoms with E-state index in [1.54, 1.807) is 25.1 Å². The van der Waals surface area contributed by atoms with Crippen molar-refractivity contribution in [3.8, 4) is 5.75 Å². The fourth-order valence-corrected chi connectivity index (χ4v) is 2.19. The smallest absolute Gasteiger partial charge is 0.342 e. The Morgan fingerprint density at radius 2 is 1.70 bits per heavy atom. The lowest BCUT2D eigenvalue weighted by molar-refractivity contribution is -0.119. The summed E-state index contributed by atoms with van der Waals surface area (Å²) in [6.45, 7) is 3.52. The Balaban J connectivity index is 1.86. The molecule has 27 heavy (non-hydrogen) atoms. The van der Waals surface area contributed by atoms with Gasteiger partial charge in [-0.1, -0.05) is 13.0 Å². The number of phenols is 1. The molecule has 7 nitrogen and oxygen atoms in total. The summed E-state index contributed by atoms with van der Waals surface area (Å²) in [7, 11) is 0. The third kappa shape index (κ3) is 5.85. The van der Waals surface area contributed by atoms with Crippen molar-refractivity contribution in [2.75, 3.05) is 18.5 Å². The number of hydrogen-bond acceptors (Lipinski definition) is 6. The van der Waals surface area contributed by atoms with Crippen LogP contribution in [0.2, 0.25) is 0 Å². The minimum atomic E-state index is -0.795. The SMILES string of the molecule is CCCOC(=O)c1ccc(NC(=O)COC(=O)c2ccc(C)cc2O)cc1. The number of carbonyl (C=O) groups is 3. The predicted octanol–water partition coefficient (Wildman–Crippen LogP) is 3.06. The molecular formula is C20H21NO6. The molecule has 7 heteroatoms. The maximum Gasteiger partial charge on any atom is 0.342 e. The van der Waals surface area contributed by atoms with Crippen LogP contribution in [0.4, 0.5) is 5.69 Å². The highest BCUT2D eigenvalue weighted by molar-refractivity contribution is 5.97. The molecule has 0 radical (unpaired) electrons. The molecule has 0 spiro atoms. The van der Waals surface area contributed by atoms with Crippen LogP contribution in [-0.4, -0.2) is 36.2 Å². The van der Waals surface area contributed by atoms with Gasteiger partial charge in [-0.2, -0.15) is 0 Å².